The van der Waals surface area contributed by atoms with Gasteiger partial charge in [0.15, 0.2) is 0 Å². The van der Waals surface area contributed by atoms with Crippen molar-refractivity contribution in [2.24, 2.45) is 5.41 Å². The SMILES string of the molecule is CCC(C)(C)C(=O)N1CC(Oc2ccnc(C)c2)C1. The van der Waals surface area contributed by atoms with Crippen LogP contribution >= 0.6 is 0 Å². The summed E-state index contributed by atoms with van der Waals surface area (Å²) >= 11 is 0. The van der Waals surface area contributed by atoms with Gasteiger partial charge in [-0.25, -0.2) is 0 Å². The third kappa shape index (κ3) is 3.06. The number of amides is 1. The molecule has 0 aliphatic carbocycles. The predicted octanol–water partition coefficient (Wildman–Crippen LogP) is 2.42. The van der Waals surface area contributed by atoms with E-state index in [-0.39, 0.29) is 17.4 Å². The van der Waals surface area contributed by atoms with Crippen molar-refractivity contribution in [1.29, 1.82) is 0 Å². The van der Waals surface area contributed by atoms with E-state index >= 15 is 0 Å². The van der Waals surface area contributed by atoms with E-state index in [1.807, 2.05) is 44.7 Å². The van der Waals surface area contributed by atoms with Gasteiger partial charge in [0.2, 0.25) is 5.91 Å². The summed E-state index contributed by atoms with van der Waals surface area (Å²) in [7, 11) is 0. The van der Waals surface area contributed by atoms with Crippen LogP contribution in [0.3, 0.4) is 0 Å². The Balaban J connectivity index is 1.85. The van der Waals surface area contributed by atoms with Crippen molar-refractivity contribution >= 4 is 5.91 Å². The van der Waals surface area contributed by atoms with Gasteiger partial charge in [-0.2, -0.15) is 0 Å². The molecule has 4 nitrogen and oxygen atoms in total. The molecule has 104 valence electrons. The Morgan fingerprint density at radius 2 is 2.21 bits per heavy atom. The van der Waals surface area contributed by atoms with Gasteiger partial charge in [0.1, 0.15) is 11.9 Å². The summed E-state index contributed by atoms with van der Waals surface area (Å²) in [6, 6.07) is 3.77. The molecule has 0 atom stereocenters. The molecule has 0 N–H and O–H groups in total. The van der Waals surface area contributed by atoms with Crippen LogP contribution in [0.5, 0.6) is 5.75 Å². The van der Waals surface area contributed by atoms with Crippen LogP contribution < -0.4 is 4.74 Å². The van der Waals surface area contributed by atoms with Gasteiger partial charge in [0.05, 0.1) is 13.1 Å². The first-order chi connectivity index (χ1) is 8.92. The maximum Gasteiger partial charge on any atom is 0.228 e. The molecular weight excluding hydrogens is 240 g/mol. The number of likely N-dealkylation sites (tertiary alicyclic amines) is 1. The first kappa shape index (κ1) is 13.8. The fourth-order valence-electron chi connectivity index (χ4n) is 2.04. The van der Waals surface area contributed by atoms with Gasteiger partial charge in [-0.05, 0) is 19.4 Å². The first-order valence-electron chi connectivity index (χ1n) is 6.81. The van der Waals surface area contributed by atoms with Gasteiger partial charge in [-0.3, -0.25) is 9.78 Å². The Kier molecular flexibility index (Phi) is 3.78. The molecule has 2 rings (SSSR count). The lowest BCUT2D eigenvalue weighted by Gasteiger charge is -2.42. The molecule has 1 aromatic rings. The second-order valence-corrected chi connectivity index (χ2v) is 5.82. The Morgan fingerprint density at radius 1 is 1.53 bits per heavy atom. The monoisotopic (exact) mass is 262 g/mol. The largest absolute Gasteiger partial charge is 0.487 e. The smallest absolute Gasteiger partial charge is 0.228 e. The molecule has 0 bridgehead atoms. The molecular formula is C15H22N2O2. The fourth-order valence-corrected chi connectivity index (χ4v) is 2.04. The summed E-state index contributed by atoms with van der Waals surface area (Å²) in [5.74, 6) is 1.06. The molecule has 0 radical (unpaired) electrons. The number of aryl methyl sites for hydroxylation is 1. The minimum atomic E-state index is -0.266. The van der Waals surface area contributed by atoms with Crippen LogP contribution in [0.4, 0.5) is 0 Å². The summed E-state index contributed by atoms with van der Waals surface area (Å²) in [4.78, 5) is 18.2. The number of hydrogen-bond acceptors (Lipinski definition) is 3. The Morgan fingerprint density at radius 3 is 2.79 bits per heavy atom. The summed E-state index contributed by atoms with van der Waals surface area (Å²) in [5, 5.41) is 0. The molecule has 0 unspecified atom stereocenters. The lowest BCUT2D eigenvalue weighted by atomic mass is 9.87. The molecule has 1 amide bonds. The van der Waals surface area contributed by atoms with E-state index in [4.69, 9.17) is 4.74 Å². The molecule has 0 saturated carbocycles. The van der Waals surface area contributed by atoms with E-state index in [1.54, 1.807) is 6.20 Å². The highest BCUT2D eigenvalue weighted by atomic mass is 16.5. The van der Waals surface area contributed by atoms with E-state index in [1.165, 1.54) is 0 Å². The molecule has 0 aromatic carbocycles. The maximum absolute atomic E-state index is 12.2. The molecule has 1 fully saturated rings. The van der Waals surface area contributed by atoms with E-state index in [0.29, 0.717) is 13.1 Å². The summed E-state index contributed by atoms with van der Waals surface area (Å²) in [6.45, 7) is 9.34. The van der Waals surface area contributed by atoms with Crippen molar-refractivity contribution in [3.63, 3.8) is 0 Å². The number of pyridine rings is 1. The maximum atomic E-state index is 12.2. The van der Waals surface area contributed by atoms with Crippen LogP contribution in [0.25, 0.3) is 0 Å². The third-order valence-corrected chi connectivity index (χ3v) is 3.77. The van der Waals surface area contributed by atoms with Crippen LogP contribution in [0.2, 0.25) is 0 Å². The van der Waals surface area contributed by atoms with Gasteiger partial charge < -0.3 is 9.64 Å². The number of carbonyl (C=O) groups excluding carboxylic acids is 1. The molecule has 1 aromatic heterocycles. The summed E-state index contributed by atoms with van der Waals surface area (Å²) in [6.07, 6.45) is 2.71. The van der Waals surface area contributed by atoms with E-state index in [0.717, 1.165) is 17.9 Å². The number of ether oxygens (including phenoxy) is 1. The second kappa shape index (κ2) is 5.19. The van der Waals surface area contributed by atoms with Crippen molar-refractivity contribution in [2.75, 3.05) is 13.1 Å². The van der Waals surface area contributed by atoms with Crippen LogP contribution in [0, 0.1) is 12.3 Å². The van der Waals surface area contributed by atoms with Crippen molar-refractivity contribution < 1.29 is 9.53 Å². The van der Waals surface area contributed by atoms with Gasteiger partial charge >= 0.3 is 0 Å². The van der Waals surface area contributed by atoms with Gasteiger partial charge in [-0.15, -0.1) is 0 Å². The normalized spacial score (nSPS) is 16.1. The zero-order valence-electron chi connectivity index (χ0n) is 12.1. The minimum absolute atomic E-state index is 0.110. The van der Waals surface area contributed by atoms with Crippen LogP contribution in [-0.2, 0) is 4.79 Å². The van der Waals surface area contributed by atoms with E-state index in [9.17, 15) is 4.79 Å². The zero-order valence-corrected chi connectivity index (χ0v) is 12.1. The van der Waals surface area contributed by atoms with Gasteiger partial charge in [0, 0.05) is 23.4 Å². The molecule has 1 aliphatic rings. The number of hydrogen-bond donors (Lipinski definition) is 0. The average molecular weight is 262 g/mol. The van der Waals surface area contributed by atoms with Crippen LogP contribution in [0.15, 0.2) is 18.3 Å². The van der Waals surface area contributed by atoms with E-state index < -0.39 is 0 Å². The quantitative estimate of drug-likeness (QED) is 0.837. The lowest BCUT2D eigenvalue weighted by molar-refractivity contribution is -0.149. The lowest BCUT2D eigenvalue weighted by Crippen LogP contribution is -2.59. The minimum Gasteiger partial charge on any atom is -0.487 e. The molecule has 1 saturated heterocycles. The Hall–Kier alpha value is -1.58. The molecule has 19 heavy (non-hydrogen) atoms. The van der Waals surface area contributed by atoms with Crippen molar-refractivity contribution in [1.82, 2.24) is 9.88 Å². The van der Waals surface area contributed by atoms with Gasteiger partial charge in [0.25, 0.3) is 0 Å². The standard InChI is InChI=1S/C15H22N2O2/c1-5-15(3,4)14(18)17-9-13(10-17)19-12-6-7-16-11(2)8-12/h6-8,13H,5,9-10H2,1-4H3. The second-order valence-electron chi connectivity index (χ2n) is 5.82. The topological polar surface area (TPSA) is 42.4 Å². The molecule has 2 heterocycles. The highest BCUT2D eigenvalue weighted by Gasteiger charge is 2.38. The Labute approximate surface area is 114 Å². The van der Waals surface area contributed by atoms with Gasteiger partial charge in [-0.1, -0.05) is 20.8 Å². The number of nitrogens with zero attached hydrogens (tertiary/aromatic N) is 2. The van der Waals surface area contributed by atoms with E-state index in [2.05, 4.69) is 4.98 Å². The Bertz CT molecular complexity index is 465. The third-order valence-electron chi connectivity index (χ3n) is 3.77. The highest BCUT2D eigenvalue weighted by molar-refractivity contribution is 5.82. The van der Waals surface area contributed by atoms with Crippen molar-refractivity contribution in [2.45, 2.75) is 40.2 Å². The number of aromatic nitrogens is 1. The first-order valence-corrected chi connectivity index (χ1v) is 6.81. The molecule has 0 spiro atoms. The molecule has 4 heteroatoms. The van der Waals surface area contributed by atoms with Crippen LogP contribution in [0.1, 0.15) is 32.9 Å². The molecule has 1 aliphatic heterocycles. The van der Waals surface area contributed by atoms with Crippen LogP contribution in [-0.4, -0.2) is 35.0 Å². The van der Waals surface area contributed by atoms with Crippen molar-refractivity contribution in [3.05, 3.63) is 24.0 Å². The fraction of sp³-hybridized carbons (Fsp3) is 0.600. The predicted molar refractivity (Wildman–Crippen MR) is 74.0 cm³/mol. The average Bonchev–Trinajstić information content (AvgIpc) is 2.32. The zero-order chi connectivity index (χ0) is 14.0. The summed E-state index contributed by atoms with van der Waals surface area (Å²) < 4.78 is 5.82. The number of rotatable bonds is 4. The highest BCUT2D eigenvalue weighted by Crippen LogP contribution is 2.27. The summed E-state index contributed by atoms with van der Waals surface area (Å²) in [5.41, 5.74) is 0.676. The van der Waals surface area contributed by atoms with Crippen molar-refractivity contribution in [3.8, 4) is 5.75 Å². The number of carbonyl (C=O) groups is 1.